The number of carbonyl (C=O) groups excluding carboxylic acids is 1. The predicted molar refractivity (Wildman–Crippen MR) is 22.1 cm³/mol. The van der Waals surface area contributed by atoms with Crippen molar-refractivity contribution in [3.63, 3.8) is 0 Å². The molecule has 0 aliphatic carbocycles. The third-order valence-corrected chi connectivity index (χ3v) is 0.960. The first kappa shape index (κ1) is 3.81. The Balaban J connectivity index is 2.25. The molecule has 1 aliphatic heterocycles. The van der Waals surface area contributed by atoms with Gasteiger partial charge in [0.25, 0.3) is 0 Å². The molecule has 6 heavy (non-hydrogen) atoms. The van der Waals surface area contributed by atoms with E-state index in [1.165, 1.54) is 0 Å². The van der Waals surface area contributed by atoms with E-state index in [-0.39, 0.29) is 6.04 Å². The van der Waals surface area contributed by atoms with Crippen molar-refractivity contribution in [1.29, 1.82) is 0 Å². The van der Waals surface area contributed by atoms with Gasteiger partial charge < -0.3 is 5.32 Å². The van der Waals surface area contributed by atoms with Crippen molar-refractivity contribution in [2.75, 3.05) is 0 Å². The fraction of sp³-hybridized carbons (Fsp3) is 0.750. The van der Waals surface area contributed by atoms with Crippen LogP contribution in [0.5, 0.6) is 0 Å². The third-order valence-electron chi connectivity index (χ3n) is 0.960. The van der Waals surface area contributed by atoms with Crippen LogP contribution in [0, 0.1) is 0 Å². The van der Waals surface area contributed by atoms with Gasteiger partial charge in [0.05, 0.1) is 6.04 Å². The Morgan fingerprint density at radius 3 is 2.33 bits per heavy atom. The molecule has 0 unspecified atom stereocenters. The SMILES string of the molecule is C[C@@H]1N[C@@H]1[C]=O. The minimum absolute atomic E-state index is 0.0463. The zero-order chi connectivity index (χ0) is 4.57. The molecule has 2 nitrogen and oxygen atoms in total. The summed E-state index contributed by atoms with van der Waals surface area (Å²) in [4.78, 5) is 9.59. The minimum atomic E-state index is 0.0463. The zero-order valence-corrected chi connectivity index (χ0v) is 3.56. The second-order valence-corrected chi connectivity index (χ2v) is 1.55. The molecule has 1 aliphatic rings. The summed E-state index contributed by atoms with van der Waals surface area (Å²) in [7, 11) is 0. The number of hydrogen-bond donors (Lipinski definition) is 1. The normalized spacial score (nSPS) is 42.2. The van der Waals surface area contributed by atoms with E-state index < -0.39 is 0 Å². The van der Waals surface area contributed by atoms with Crippen molar-refractivity contribution in [2.24, 2.45) is 0 Å². The number of nitrogens with one attached hydrogen (secondary N) is 1. The topological polar surface area (TPSA) is 39.0 Å². The molecule has 1 heterocycles. The summed E-state index contributed by atoms with van der Waals surface area (Å²) in [6.45, 7) is 1.95. The maximum absolute atomic E-state index is 9.59. The molecule has 0 spiro atoms. The molecule has 1 N–H and O–H groups in total. The van der Waals surface area contributed by atoms with Crippen LogP contribution in [-0.2, 0) is 4.79 Å². The summed E-state index contributed by atoms with van der Waals surface area (Å²) >= 11 is 0. The van der Waals surface area contributed by atoms with Crippen LogP contribution in [0.3, 0.4) is 0 Å². The molecule has 0 bridgehead atoms. The maximum Gasteiger partial charge on any atom is 0.218 e. The third kappa shape index (κ3) is 0.431. The van der Waals surface area contributed by atoms with Gasteiger partial charge in [-0.2, -0.15) is 0 Å². The molecule has 2 heteroatoms. The summed E-state index contributed by atoms with van der Waals surface area (Å²) < 4.78 is 0. The molecule has 0 saturated carbocycles. The quantitative estimate of drug-likeness (QED) is 0.433. The molecule has 1 radical (unpaired) electrons. The molecule has 0 aromatic heterocycles. The van der Waals surface area contributed by atoms with Crippen LogP contribution in [0.25, 0.3) is 0 Å². The van der Waals surface area contributed by atoms with E-state index in [4.69, 9.17) is 0 Å². The maximum atomic E-state index is 9.59. The average Bonchev–Trinajstić information content (AvgIpc) is 2.19. The van der Waals surface area contributed by atoms with Crippen LogP contribution < -0.4 is 5.32 Å². The lowest BCUT2D eigenvalue weighted by atomic mass is 10.4. The van der Waals surface area contributed by atoms with Gasteiger partial charge in [-0.25, -0.2) is 0 Å². The second kappa shape index (κ2) is 1.05. The van der Waals surface area contributed by atoms with Gasteiger partial charge in [-0.05, 0) is 6.92 Å². The molecule has 1 saturated heterocycles. The standard InChI is InChI=1S/C4H6NO/c1-3-4(2-6)5-3/h3-5H,1H3/t3-,4+/m0/s1. The number of hydrogen-bond acceptors (Lipinski definition) is 2. The molecule has 0 aromatic rings. The van der Waals surface area contributed by atoms with E-state index in [1.54, 1.807) is 0 Å². The molecule has 33 valence electrons. The lowest BCUT2D eigenvalue weighted by molar-refractivity contribution is 0.553. The highest BCUT2D eigenvalue weighted by atomic mass is 16.1. The largest absolute Gasteiger partial charge is 0.301 e. The van der Waals surface area contributed by atoms with Gasteiger partial charge in [0.1, 0.15) is 0 Å². The minimum Gasteiger partial charge on any atom is -0.301 e. The molecular weight excluding hydrogens is 78.0 g/mol. The molecule has 0 aromatic carbocycles. The van der Waals surface area contributed by atoms with Gasteiger partial charge in [0, 0.05) is 6.04 Å². The lowest BCUT2D eigenvalue weighted by Gasteiger charge is -1.61. The fourth-order valence-electron chi connectivity index (χ4n) is 0.364. The predicted octanol–water partition coefficient (Wildman–Crippen LogP) is -0.544. The average molecular weight is 84.1 g/mol. The number of rotatable bonds is 1. The van der Waals surface area contributed by atoms with Gasteiger partial charge in [0.15, 0.2) is 0 Å². The van der Waals surface area contributed by atoms with Crippen LogP contribution in [0.2, 0.25) is 0 Å². The highest BCUT2D eigenvalue weighted by Gasteiger charge is 2.31. The zero-order valence-electron chi connectivity index (χ0n) is 3.56. The van der Waals surface area contributed by atoms with Crippen LogP contribution in [0.15, 0.2) is 0 Å². The molecule has 1 rings (SSSR count). The van der Waals surface area contributed by atoms with E-state index in [0.717, 1.165) is 0 Å². The first-order valence-electron chi connectivity index (χ1n) is 1.98. The van der Waals surface area contributed by atoms with E-state index in [0.29, 0.717) is 6.04 Å². The summed E-state index contributed by atoms with van der Waals surface area (Å²) in [5.41, 5.74) is 0. The molecule has 1 fully saturated rings. The van der Waals surface area contributed by atoms with Crippen molar-refractivity contribution >= 4 is 6.29 Å². The summed E-state index contributed by atoms with van der Waals surface area (Å²) in [6.07, 6.45) is 1.83. The van der Waals surface area contributed by atoms with E-state index in [9.17, 15) is 4.79 Å². The Hall–Kier alpha value is -0.370. The Labute approximate surface area is 36.5 Å². The summed E-state index contributed by atoms with van der Waals surface area (Å²) in [5.74, 6) is 0. The highest BCUT2D eigenvalue weighted by molar-refractivity contribution is 5.64. The van der Waals surface area contributed by atoms with E-state index >= 15 is 0 Å². The van der Waals surface area contributed by atoms with Crippen LogP contribution in [0.4, 0.5) is 0 Å². The van der Waals surface area contributed by atoms with E-state index in [2.05, 4.69) is 5.32 Å². The first-order valence-corrected chi connectivity index (χ1v) is 1.98. The van der Waals surface area contributed by atoms with Gasteiger partial charge in [-0.15, -0.1) is 0 Å². The van der Waals surface area contributed by atoms with Crippen LogP contribution >= 0.6 is 0 Å². The Kier molecular flexibility index (Phi) is 0.665. The Morgan fingerprint density at radius 1 is 1.83 bits per heavy atom. The Bertz CT molecular complexity index is 71.9. The van der Waals surface area contributed by atoms with Crippen molar-refractivity contribution in [2.45, 2.75) is 19.0 Å². The monoisotopic (exact) mass is 84.0 g/mol. The van der Waals surface area contributed by atoms with Crippen LogP contribution in [-0.4, -0.2) is 18.4 Å². The first-order chi connectivity index (χ1) is 2.84. The highest BCUT2D eigenvalue weighted by Crippen LogP contribution is 2.03. The van der Waals surface area contributed by atoms with Gasteiger partial charge in [-0.1, -0.05) is 0 Å². The van der Waals surface area contributed by atoms with E-state index in [1.807, 2.05) is 13.2 Å². The van der Waals surface area contributed by atoms with Crippen molar-refractivity contribution in [1.82, 2.24) is 5.32 Å². The molecular formula is C4H6NO. The van der Waals surface area contributed by atoms with Gasteiger partial charge in [-0.3, -0.25) is 4.79 Å². The fourth-order valence-corrected chi connectivity index (χ4v) is 0.364. The van der Waals surface area contributed by atoms with Crippen molar-refractivity contribution in [3.8, 4) is 0 Å². The van der Waals surface area contributed by atoms with Gasteiger partial charge >= 0.3 is 0 Å². The molecule has 2 atom stereocenters. The lowest BCUT2D eigenvalue weighted by Crippen LogP contribution is -1.88. The van der Waals surface area contributed by atoms with Crippen molar-refractivity contribution < 1.29 is 4.79 Å². The summed E-state index contributed by atoms with van der Waals surface area (Å²) in [5, 5.41) is 2.86. The summed E-state index contributed by atoms with van der Waals surface area (Å²) in [6, 6.07) is 0.437. The second-order valence-electron chi connectivity index (χ2n) is 1.55. The van der Waals surface area contributed by atoms with Crippen LogP contribution in [0.1, 0.15) is 6.92 Å². The molecule has 0 amide bonds. The van der Waals surface area contributed by atoms with Crippen molar-refractivity contribution in [3.05, 3.63) is 0 Å². The van der Waals surface area contributed by atoms with Gasteiger partial charge in [0.2, 0.25) is 6.29 Å². The smallest absolute Gasteiger partial charge is 0.218 e. The Morgan fingerprint density at radius 2 is 2.33 bits per heavy atom.